The fraction of sp³-hybridized carbons (Fsp3) is 0.258. The number of benzene rings is 3. The van der Waals surface area contributed by atoms with Crippen LogP contribution in [0.15, 0.2) is 90.0 Å². The van der Waals surface area contributed by atoms with Crippen molar-refractivity contribution in [1.82, 2.24) is 19.3 Å². The average molecular weight is 569 g/mol. The van der Waals surface area contributed by atoms with Gasteiger partial charge in [0.15, 0.2) is 0 Å². The van der Waals surface area contributed by atoms with Crippen molar-refractivity contribution in [1.29, 1.82) is 0 Å². The Morgan fingerprint density at radius 2 is 1.46 bits per heavy atom. The van der Waals surface area contributed by atoms with Crippen molar-refractivity contribution >= 4 is 49.5 Å². The van der Waals surface area contributed by atoms with E-state index in [-0.39, 0.29) is 22.9 Å². The molecule has 1 aliphatic rings. The number of aromatic nitrogens is 3. The molecule has 5 aromatic rings. The molecule has 0 aliphatic heterocycles. The van der Waals surface area contributed by atoms with Gasteiger partial charge >= 0.3 is 0 Å². The van der Waals surface area contributed by atoms with Gasteiger partial charge in [-0.15, -0.1) is 0 Å². The molecule has 0 bridgehead atoms. The lowest BCUT2D eigenvalue weighted by molar-refractivity contribution is 0.0928. The van der Waals surface area contributed by atoms with Gasteiger partial charge < -0.3 is 15.5 Å². The van der Waals surface area contributed by atoms with Crippen LogP contribution >= 0.6 is 0 Å². The Morgan fingerprint density at radius 1 is 0.829 bits per heavy atom. The Hall–Kier alpha value is -4.44. The van der Waals surface area contributed by atoms with Gasteiger partial charge in [0, 0.05) is 43.1 Å². The topological polar surface area (TPSA) is 109 Å². The maximum absolute atomic E-state index is 13.4. The summed E-state index contributed by atoms with van der Waals surface area (Å²) in [7, 11) is 0.0890. The van der Waals surface area contributed by atoms with Gasteiger partial charge in [-0.25, -0.2) is 17.4 Å². The van der Waals surface area contributed by atoms with E-state index in [2.05, 4.69) is 10.6 Å². The second-order valence-corrected chi connectivity index (χ2v) is 12.4. The SMILES string of the molecule is CN(C)c1nc(NC2CCC(NC(=O)c3cn(S(=O)(=O)c4ccccc4)c4ccccc34)CC2)nc2ccccc12. The molecule has 210 valence electrons. The van der Waals surface area contributed by atoms with E-state index in [0.717, 1.165) is 42.4 Å². The summed E-state index contributed by atoms with van der Waals surface area (Å²) in [5.74, 6) is 1.20. The first kappa shape index (κ1) is 26.8. The van der Waals surface area contributed by atoms with Crippen LogP contribution in [0.25, 0.3) is 21.8 Å². The number of para-hydroxylation sites is 2. The lowest BCUT2D eigenvalue weighted by Gasteiger charge is -2.30. The fourth-order valence-electron chi connectivity index (χ4n) is 5.53. The second kappa shape index (κ2) is 10.9. The number of carbonyl (C=O) groups excluding carboxylic acids is 1. The number of anilines is 2. The third-order valence-corrected chi connectivity index (χ3v) is 9.31. The highest BCUT2D eigenvalue weighted by Crippen LogP contribution is 2.29. The van der Waals surface area contributed by atoms with Crippen molar-refractivity contribution in [2.75, 3.05) is 24.3 Å². The lowest BCUT2D eigenvalue weighted by Crippen LogP contribution is -2.40. The molecule has 2 N–H and O–H groups in total. The van der Waals surface area contributed by atoms with Crippen molar-refractivity contribution in [3.8, 4) is 0 Å². The second-order valence-electron chi connectivity index (χ2n) is 10.6. The van der Waals surface area contributed by atoms with Crippen LogP contribution in [0, 0.1) is 0 Å². The molecule has 0 atom stereocenters. The Kier molecular flexibility index (Phi) is 7.08. The van der Waals surface area contributed by atoms with E-state index in [9.17, 15) is 13.2 Å². The Labute approximate surface area is 239 Å². The quantitative estimate of drug-likeness (QED) is 0.283. The Bertz CT molecular complexity index is 1830. The summed E-state index contributed by atoms with van der Waals surface area (Å²) in [4.78, 5) is 25.1. The molecular weight excluding hydrogens is 536 g/mol. The van der Waals surface area contributed by atoms with Gasteiger partial charge in [-0.05, 0) is 56.0 Å². The molecule has 41 heavy (non-hydrogen) atoms. The Balaban J connectivity index is 1.16. The van der Waals surface area contributed by atoms with Gasteiger partial charge in [-0.1, -0.05) is 48.5 Å². The van der Waals surface area contributed by atoms with Gasteiger partial charge in [-0.2, -0.15) is 4.98 Å². The third kappa shape index (κ3) is 5.22. The van der Waals surface area contributed by atoms with E-state index < -0.39 is 10.0 Å². The van der Waals surface area contributed by atoms with Crippen LogP contribution in [0.3, 0.4) is 0 Å². The molecule has 0 unspecified atom stereocenters. The number of carbonyl (C=O) groups is 1. The molecule has 1 aliphatic carbocycles. The third-order valence-electron chi connectivity index (χ3n) is 7.62. The van der Waals surface area contributed by atoms with Crippen LogP contribution in [0.5, 0.6) is 0 Å². The number of fused-ring (bicyclic) bond motifs is 2. The predicted molar refractivity (Wildman–Crippen MR) is 162 cm³/mol. The summed E-state index contributed by atoms with van der Waals surface area (Å²) >= 11 is 0. The van der Waals surface area contributed by atoms with E-state index in [1.165, 1.54) is 10.2 Å². The number of rotatable bonds is 7. The smallest absolute Gasteiger partial charge is 0.268 e. The molecule has 1 fully saturated rings. The standard InChI is InChI=1S/C31H32N6O3S/c1-36(2)29-25-13-6-8-14-27(25)34-31(35-29)33-22-18-16-21(17-19-22)32-30(38)26-20-37(28-15-9-7-12-24(26)28)41(39,40)23-10-4-3-5-11-23/h3-15,20-22H,16-19H2,1-2H3,(H,32,38)(H,33,34,35). The zero-order valence-electron chi connectivity index (χ0n) is 23.0. The van der Waals surface area contributed by atoms with E-state index in [1.54, 1.807) is 48.5 Å². The molecule has 0 radical (unpaired) electrons. The monoisotopic (exact) mass is 568 g/mol. The summed E-state index contributed by atoms with van der Waals surface area (Å²) in [5, 5.41) is 8.26. The molecule has 0 spiro atoms. The molecule has 2 aromatic heterocycles. The zero-order valence-corrected chi connectivity index (χ0v) is 23.8. The molecule has 2 heterocycles. The van der Waals surface area contributed by atoms with E-state index in [0.29, 0.717) is 22.4 Å². The van der Waals surface area contributed by atoms with Gasteiger partial charge in [0.05, 0.1) is 21.5 Å². The molecule has 1 saturated carbocycles. The largest absolute Gasteiger partial charge is 0.362 e. The van der Waals surface area contributed by atoms with Crippen LogP contribution in [-0.2, 0) is 10.0 Å². The summed E-state index contributed by atoms with van der Waals surface area (Å²) in [6.45, 7) is 0. The average Bonchev–Trinajstić information content (AvgIpc) is 3.39. The zero-order chi connectivity index (χ0) is 28.6. The first-order valence-electron chi connectivity index (χ1n) is 13.7. The molecule has 6 rings (SSSR count). The van der Waals surface area contributed by atoms with Gasteiger partial charge in [-0.3, -0.25) is 4.79 Å². The van der Waals surface area contributed by atoms with Crippen LogP contribution < -0.4 is 15.5 Å². The van der Waals surface area contributed by atoms with E-state index in [4.69, 9.17) is 9.97 Å². The maximum Gasteiger partial charge on any atom is 0.268 e. The van der Waals surface area contributed by atoms with Crippen molar-refractivity contribution in [3.05, 3.63) is 90.6 Å². The molecule has 10 heteroatoms. The summed E-state index contributed by atoms with van der Waals surface area (Å²) < 4.78 is 28.0. The van der Waals surface area contributed by atoms with Crippen LogP contribution in [-0.4, -0.2) is 54.4 Å². The molecule has 9 nitrogen and oxygen atoms in total. The van der Waals surface area contributed by atoms with Gasteiger partial charge in [0.25, 0.3) is 15.9 Å². The van der Waals surface area contributed by atoms with Crippen LogP contribution in [0.1, 0.15) is 36.0 Å². The number of hydrogen-bond donors (Lipinski definition) is 2. The minimum atomic E-state index is -3.86. The molecule has 0 saturated heterocycles. The first-order chi connectivity index (χ1) is 19.8. The lowest BCUT2D eigenvalue weighted by atomic mass is 9.91. The minimum Gasteiger partial charge on any atom is -0.362 e. The first-order valence-corrected chi connectivity index (χ1v) is 15.2. The number of nitrogens with zero attached hydrogens (tertiary/aromatic N) is 4. The number of nitrogens with one attached hydrogen (secondary N) is 2. The highest BCUT2D eigenvalue weighted by Gasteiger charge is 2.27. The Morgan fingerprint density at radius 3 is 2.20 bits per heavy atom. The van der Waals surface area contributed by atoms with Crippen molar-refractivity contribution < 1.29 is 13.2 Å². The highest BCUT2D eigenvalue weighted by molar-refractivity contribution is 7.90. The molecule has 1 amide bonds. The predicted octanol–water partition coefficient (Wildman–Crippen LogP) is 5.04. The van der Waals surface area contributed by atoms with Crippen molar-refractivity contribution in [2.45, 2.75) is 42.7 Å². The fourth-order valence-corrected chi connectivity index (χ4v) is 6.92. The maximum atomic E-state index is 13.4. The van der Waals surface area contributed by atoms with Crippen LogP contribution in [0.2, 0.25) is 0 Å². The van der Waals surface area contributed by atoms with Gasteiger partial charge in [0.2, 0.25) is 5.95 Å². The number of amides is 1. The van der Waals surface area contributed by atoms with Crippen molar-refractivity contribution in [2.24, 2.45) is 0 Å². The summed E-state index contributed by atoms with van der Waals surface area (Å²) in [6.07, 6.45) is 4.72. The highest BCUT2D eigenvalue weighted by atomic mass is 32.2. The number of hydrogen-bond acceptors (Lipinski definition) is 7. The van der Waals surface area contributed by atoms with E-state index in [1.807, 2.05) is 49.3 Å². The molecular formula is C31H32N6O3S. The summed E-state index contributed by atoms with van der Waals surface area (Å²) in [5.41, 5.74) is 1.71. The van der Waals surface area contributed by atoms with Crippen molar-refractivity contribution in [3.63, 3.8) is 0 Å². The summed E-state index contributed by atoms with van der Waals surface area (Å²) in [6, 6.07) is 23.5. The van der Waals surface area contributed by atoms with Gasteiger partial charge in [0.1, 0.15) is 5.82 Å². The normalized spacial score (nSPS) is 17.4. The molecule has 3 aromatic carbocycles. The minimum absolute atomic E-state index is 0.0109. The van der Waals surface area contributed by atoms with E-state index >= 15 is 0 Å². The van der Waals surface area contributed by atoms with Crippen LogP contribution in [0.4, 0.5) is 11.8 Å².